The fourth-order valence-electron chi connectivity index (χ4n) is 5.01. The summed E-state index contributed by atoms with van der Waals surface area (Å²) < 4.78 is 10.7. The Balaban J connectivity index is 1.57. The van der Waals surface area contributed by atoms with Gasteiger partial charge in [0.25, 0.3) is 0 Å². The van der Waals surface area contributed by atoms with Gasteiger partial charge in [0.05, 0.1) is 5.69 Å². The molecule has 0 bridgehead atoms. The van der Waals surface area contributed by atoms with Crippen molar-refractivity contribution in [2.45, 2.75) is 0 Å². The van der Waals surface area contributed by atoms with Crippen molar-refractivity contribution in [2.75, 3.05) is 4.90 Å². The minimum absolute atomic E-state index is 0.400. The Hall–Kier alpha value is -5.42. The Labute approximate surface area is 225 Å². The SMILES string of the molecule is C=CC(=O)Oc1ccc(N(c2cccc(OC(=O)C=C)c2)c2ccc3ccc4cccc5ccc2c3c45)cc1. The van der Waals surface area contributed by atoms with Crippen molar-refractivity contribution in [1.82, 2.24) is 0 Å². The van der Waals surface area contributed by atoms with Crippen LogP contribution in [0.5, 0.6) is 11.5 Å². The summed E-state index contributed by atoms with van der Waals surface area (Å²) in [7, 11) is 0. The Kier molecular flexibility index (Phi) is 6.02. The average Bonchev–Trinajstić information content (AvgIpc) is 2.97. The van der Waals surface area contributed by atoms with Gasteiger partial charge in [-0.25, -0.2) is 9.59 Å². The van der Waals surface area contributed by atoms with E-state index in [4.69, 9.17) is 9.47 Å². The van der Waals surface area contributed by atoms with Crippen LogP contribution in [0.4, 0.5) is 17.1 Å². The highest BCUT2D eigenvalue weighted by Gasteiger charge is 2.19. The molecule has 0 saturated heterocycles. The molecule has 0 heterocycles. The van der Waals surface area contributed by atoms with Gasteiger partial charge in [0.2, 0.25) is 0 Å². The van der Waals surface area contributed by atoms with Crippen LogP contribution in [-0.2, 0) is 9.59 Å². The minimum atomic E-state index is -0.533. The van der Waals surface area contributed by atoms with E-state index in [1.807, 2.05) is 30.3 Å². The molecule has 0 aliphatic rings. The van der Waals surface area contributed by atoms with Crippen molar-refractivity contribution in [2.24, 2.45) is 0 Å². The number of anilines is 3. The molecule has 6 aromatic rings. The summed E-state index contributed by atoms with van der Waals surface area (Å²) >= 11 is 0. The first kappa shape index (κ1) is 23.9. The predicted octanol–water partition coefficient (Wildman–Crippen LogP) is 8.24. The van der Waals surface area contributed by atoms with E-state index in [0.29, 0.717) is 11.5 Å². The first-order chi connectivity index (χ1) is 19.1. The van der Waals surface area contributed by atoms with Crippen LogP contribution in [0.3, 0.4) is 0 Å². The van der Waals surface area contributed by atoms with E-state index in [1.54, 1.807) is 18.2 Å². The molecule has 0 radical (unpaired) electrons. The van der Waals surface area contributed by atoms with Crippen LogP contribution in [0.15, 0.2) is 128 Å². The maximum Gasteiger partial charge on any atom is 0.335 e. The quantitative estimate of drug-likeness (QED) is 0.0939. The maximum absolute atomic E-state index is 11.9. The predicted molar refractivity (Wildman–Crippen MR) is 156 cm³/mol. The summed E-state index contributed by atoms with van der Waals surface area (Å²) in [6.07, 6.45) is 2.26. The second-order valence-corrected chi connectivity index (χ2v) is 9.02. The van der Waals surface area contributed by atoms with E-state index in [0.717, 1.165) is 40.0 Å². The third kappa shape index (κ3) is 4.36. The minimum Gasteiger partial charge on any atom is -0.423 e. The second-order valence-electron chi connectivity index (χ2n) is 9.02. The highest BCUT2D eigenvalue weighted by atomic mass is 16.5. The van der Waals surface area contributed by atoms with Crippen LogP contribution >= 0.6 is 0 Å². The summed E-state index contributed by atoms with van der Waals surface area (Å²) in [6.45, 7) is 6.95. The molecule has 5 heteroatoms. The molecule has 188 valence electrons. The third-order valence-corrected chi connectivity index (χ3v) is 6.69. The Bertz CT molecular complexity index is 1870. The molecule has 5 nitrogen and oxygen atoms in total. The molecule has 0 atom stereocenters. The van der Waals surface area contributed by atoms with Crippen molar-refractivity contribution in [3.8, 4) is 11.5 Å². The van der Waals surface area contributed by atoms with E-state index >= 15 is 0 Å². The van der Waals surface area contributed by atoms with Gasteiger partial charge in [-0.2, -0.15) is 0 Å². The first-order valence-corrected chi connectivity index (χ1v) is 12.4. The van der Waals surface area contributed by atoms with E-state index < -0.39 is 11.9 Å². The van der Waals surface area contributed by atoms with Gasteiger partial charge in [-0.1, -0.05) is 67.8 Å². The Morgan fingerprint density at radius 1 is 0.590 bits per heavy atom. The van der Waals surface area contributed by atoms with Crippen LogP contribution < -0.4 is 14.4 Å². The molecule has 0 aliphatic carbocycles. The number of esters is 2. The van der Waals surface area contributed by atoms with Crippen LogP contribution in [0, 0.1) is 0 Å². The highest BCUT2D eigenvalue weighted by Crippen LogP contribution is 2.44. The lowest BCUT2D eigenvalue weighted by molar-refractivity contribution is -0.129. The van der Waals surface area contributed by atoms with Gasteiger partial charge in [-0.05, 0) is 69.4 Å². The molecule has 0 aliphatic heterocycles. The van der Waals surface area contributed by atoms with Crippen LogP contribution in [0.1, 0.15) is 0 Å². The molecular weight excluding hydrogens is 486 g/mol. The zero-order chi connectivity index (χ0) is 26.9. The fraction of sp³-hybridized carbons (Fsp3) is 0. The molecule has 6 rings (SSSR count). The summed E-state index contributed by atoms with van der Waals surface area (Å²) in [5.41, 5.74) is 2.56. The largest absolute Gasteiger partial charge is 0.423 e. The lowest BCUT2D eigenvalue weighted by Gasteiger charge is -2.28. The summed E-state index contributed by atoms with van der Waals surface area (Å²) in [5, 5.41) is 6.99. The van der Waals surface area contributed by atoms with Gasteiger partial charge in [0, 0.05) is 35.0 Å². The van der Waals surface area contributed by atoms with Crippen LogP contribution in [-0.4, -0.2) is 11.9 Å². The first-order valence-electron chi connectivity index (χ1n) is 12.4. The van der Waals surface area contributed by atoms with E-state index in [9.17, 15) is 9.59 Å². The zero-order valence-electron chi connectivity index (χ0n) is 21.0. The van der Waals surface area contributed by atoms with E-state index in [-0.39, 0.29) is 0 Å². The number of nitrogens with zero attached hydrogens (tertiary/aromatic N) is 1. The molecule has 0 amide bonds. The number of benzene rings is 6. The Morgan fingerprint density at radius 3 is 1.87 bits per heavy atom. The molecule has 0 spiro atoms. The fourth-order valence-corrected chi connectivity index (χ4v) is 5.01. The lowest BCUT2D eigenvalue weighted by atomic mass is 9.93. The maximum atomic E-state index is 11.9. The molecule has 0 unspecified atom stereocenters. The molecule has 0 aromatic heterocycles. The lowest BCUT2D eigenvalue weighted by Crippen LogP contribution is -2.11. The van der Waals surface area contributed by atoms with E-state index in [2.05, 4.69) is 72.7 Å². The third-order valence-electron chi connectivity index (χ3n) is 6.69. The van der Waals surface area contributed by atoms with Gasteiger partial charge >= 0.3 is 11.9 Å². The number of ether oxygens (including phenoxy) is 2. The van der Waals surface area contributed by atoms with Gasteiger partial charge in [-0.3, -0.25) is 0 Å². The van der Waals surface area contributed by atoms with Gasteiger partial charge in [-0.15, -0.1) is 0 Å². The summed E-state index contributed by atoms with van der Waals surface area (Å²) in [4.78, 5) is 25.7. The van der Waals surface area contributed by atoms with Crippen molar-refractivity contribution in [1.29, 1.82) is 0 Å². The van der Waals surface area contributed by atoms with Crippen molar-refractivity contribution in [3.05, 3.63) is 128 Å². The molecule has 6 aromatic carbocycles. The normalized spacial score (nSPS) is 11.0. The van der Waals surface area contributed by atoms with Crippen molar-refractivity contribution in [3.63, 3.8) is 0 Å². The molecule has 0 N–H and O–H groups in total. The average molecular weight is 510 g/mol. The van der Waals surface area contributed by atoms with E-state index in [1.165, 1.54) is 21.5 Å². The van der Waals surface area contributed by atoms with Crippen molar-refractivity contribution < 1.29 is 19.1 Å². The molecule has 39 heavy (non-hydrogen) atoms. The van der Waals surface area contributed by atoms with Gasteiger partial charge in [0.15, 0.2) is 0 Å². The molecular formula is C34H23NO4. The van der Waals surface area contributed by atoms with Crippen LogP contribution in [0.25, 0.3) is 32.3 Å². The molecule has 0 saturated carbocycles. The molecule has 0 fully saturated rings. The monoisotopic (exact) mass is 509 g/mol. The zero-order valence-corrected chi connectivity index (χ0v) is 21.0. The van der Waals surface area contributed by atoms with Gasteiger partial charge in [0.1, 0.15) is 11.5 Å². The van der Waals surface area contributed by atoms with Gasteiger partial charge < -0.3 is 14.4 Å². The number of rotatable bonds is 7. The number of carbonyl (C=O) groups excluding carboxylic acids is 2. The highest BCUT2D eigenvalue weighted by molar-refractivity contribution is 6.25. The summed E-state index contributed by atoms with van der Waals surface area (Å²) in [6, 6.07) is 33.7. The number of carbonyl (C=O) groups is 2. The number of hydrogen-bond acceptors (Lipinski definition) is 5. The smallest absolute Gasteiger partial charge is 0.335 e. The second kappa shape index (κ2) is 9.80. The van der Waals surface area contributed by atoms with Crippen LogP contribution in [0.2, 0.25) is 0 Å². The number of hydrogen-bond donors (Lipinski definition) is 0. The standard InChI is InChI=1S/C34H23NO4/c1-3-31(36)38-27-17-15-25(16-18-27)35(26-9-6-10-28(21-26)39-32(37)4-2)30-20-14-24-12-11-22-7-5-8-23-13-19-29(30)34(24)33(22)23/h3-21H,1-2H2. The van der Waals surface area contributed by atoms with Crippen molar-refractivity contribution >= 4 is 61.3 Å². The summed E-state index contributed by atoms with van der Waals surface area (Å²) in [5.74, 6) is -0.248. The Morgan fingerprint density at radius 2 is 1.18 bits per heavy atom. The topological polar surface area (TPSA) is 55.8 Å².